The van der Waals surface area contributed by atoms with E-state index >= 15 is 0 Å². The number of rotatable bonds is 6. The van der Waals surface area contributed by atoms with Gasteiger partial charge in [-0.05, 0) is 31.6 Å². The first-order valence-electron chi connectivity index (χ1n) is 6.04. The van der Waals surface area contributed by atoms with Gasteiger partial charge in [0.25, 0.3) is 5.69 Å². The van der Waals surface area contributed by atoms with E-state index < -0.39 is 4.92 Å². The highest BCUT2D eigenvalue weighted by atomic mass is 35.5. The molecule has 0 fully saturated rings. The van der Waals surface area contributed by atoms with E-state index in [0.717, 1.165) is 6.54 Å². The molecule has 0 saturated heterocycles. The minimum absolute atomic E-state index is 0.00755. The number of hydrogen-bond donors (Lipinski definition) is 1. The molecule has 6 heteroatoms. The van der Waals surface area contributed by atoms with Crippen LogP contribution in [-0.4, -0.2) is 37.0 Å². The third-order valence-corrected chi connectivity index (χ3v) is 2.89. The summed E-state index contributed by atoms with van der Waals surface area (Å²) in [5, 5.41) is 14.5. The summed E-state index contributed by atoms with van der Waals surface area (Å²) >= 11 is 5.78. The fourth-order valence-electron chi connectivity index (χ4n) is 2.05. The van der Waals surface area contributed by atoms with Crippen LogP contribution in [0.2, 0.25) is 5.02 Å². The van der Waals surface area contributed by atoms with Gasteiger partial charge in [0.2, 0.25) is 0 Å². The summed E-state index contributed by atoms with van der Waals surface area (Å²) in [5.41, 5.74) is 0.520. The van der Waals surface area contributed by atoms with Gasteiger partial charge in [-0.15, -0.1) is 0 Å². The SMILES string of the molecule is CN(C)CC(C)(C)CNc1ccc(Cl)cc1[N+](=O)[O-]. The molecular formula is C13H20ClN3O2. The summed E-state index contributed by atoms with van der Waals surface area (Å²) in [6.45, 7) is 5.76. The summed E-state index contributed by atoms with van der Waals surface area (Å²) in [6, 6.07) is 4.66. The van der Waals surface area contributed by atoms with E-state index in [1.165, 1.54) is 6.07 Å². The molecule has 0 amide bonds. The van der Waals surface area contributed by atoms with Gasteiger partial charge in [-0.25, -0.2) is 0 Å². The molecule has 0 bridgehead atoms. The molecule has 1 N–H and O–H groups in total. The van der Waals surface area contributed by atoms with Crippen LogP contribution in [0.5, 0.6) is 0 Å². The van der Waals surface area contributed by atoms with E-state index in [9.17, 15) is 10.1 Å². The maximum atomic E-state index is 11.0. The summed E-state index contributed by atoms with van der Waals surface area (Å²) in [4.78, 5) is 12.6. The fourth-order valence-corrected chi connectivity index (χ4v) is 2.22. The van der Waals surface area contributed by atoms with Gasteiger partial charge in [0.15, 0.2) is 0 Å². The van der Waals surface area contributed by atoms with Crippen molar-refractivity contribution in [2.45, 2.75) is 13.8 Å². The Hall–Kier alpha value is -1.33. The predicted molar refractivity (Wildman–Crippen MR) is 78.9 cm³/mol. The van der Waals surface area contributed by atoms with Crippen molar-refractivity contribution in [2.24, 2.45) is 5.41 Å². The zero-order valence-corrected chi connectivity index (χ0v) is 12.5. The van der Waals surface area contributed by atoms with Gasteiger partial charge in [0.05, 0.1) is 4.92 Å². The second-order valence-electron chi connectivity index (χ2n) is 5.67. The maximum Gasteiger partial charge on any atom is 0.293 e. The number of hydrogen-bond acceptors (Lipinski definition) is 4. The molecule has 19 heavy (non-hydrogen) atoms. The van der Waals surface area contributed by atoms with Crippen LogP contribution in [0.3, 0.4) is 0 Å². The number of nitrogens with one attached hydrogen (secondary N) is 1. The normalized spacial score (nSPS) is 11.7. The molecule has 0 aromatic heterocycles. The number of nitro groups is 1. The highest BCUT2D eigenvalue weighted by molar-refractivity contribution is 6.30. The van der Waals surface area contributed by atoms with Crippen LogP contribution in [0.25, 0.3) is 0 Å². The number of nitrogens with zero attached hydrogens (tertiary/aromatic N) is 2. The minimum atomic E-state index is -0.423. The van der Waals surface area contributed by atoms with Crippen LogP contribution in [0.1, 0.15) is 13.8 Å². The van der Waals surface area contributed by atoms with Crippen molar-refractivity contribution >= 4 is 23.0 Å². The van der Waals surface area contributed by atoms with Crippen LogP contribution in [0, 0.1) is 15.5 Å². The first-order valence-corrected chi connectivity index (χ1v) is 6.42. The molecule has 0 radical (unpaired) electrons. The van der Waals surface area contributed by atoms with Crippen LogP contribution >= 0.6 is 11.6 Å². The van der Waals surface area contributed by atoms with Crippen molar-refractivity contribution in [3.8, 4) is 0 Å². The van der Waals surface area contributed by atoms with Crippen molar-refractivity contribution in [1.82, 2.24) is 4.90 Å². The van der Waals surface area contributed by atoms with Crippen molar-refractivity contribution < 1.29 is 4.92 Å². The molecule has 1 aromatic carbocycles. The molecule has 5 nitrogen and oxygen atoms in total. The minimum Gasteiger partial charge on any atom is -0.379 e. The third-order valence-electron chi connectivity index (χ3n) is 2.66. The fraction of sp³-hybridized carbons (Fsp3) is 0.538. The standard InChI is InChI=1S/C13H20ClN3O2/c1-13(2,9-16(3)4)8-15-11-6-5-10(14)7-12(11)17(18)19/h5-7,15H,8-9H2,1-4H3. The smallest absolute Gasteiger partial charge is 0.293 e. The third kappa shape index (κ3) is 5.04. The zero-order chi connectivity index (χ0) is 14.6. The van der Waals surface area contributed by atoms with Gasteiger partial charge >= 0.3 is 0 Å². The zero-order valence-electron chi connectivity index (χ0n) is 11.7. The molecule has 1 rings (SSSR count). The molecule has 1 aromatic rings. The summed E-state index contributed by atoms with van der Waals surface area (Å²) in [6.07, 6.45) is 0. The molecule has 0 aliphatic heterocycles. The Kier molecular flexibility index (Phi) is 5.14. The molecule has 0 atom stereocenters. The van der Waals surface area contributed by atoms with E-state index in [0.29, 0.717) is 17.3 Å². The van der Waals surface area contributed by atoms with E-state index in [-0.39, 0.29) is 11.1 Å². The van der Waals surface area contributed by atoms with Crippen molar-refractivity contribution in [1.29, 1.82) is 0 Å². The van der Waals surface area contributed by atoms with E-state index in [1.807, 2.05) is 14.1 Å². The van der Waals surface area contributed by atoms with Gasteiger partial charge in [0.1, 0.15) is 5.69 Å². The van der Waals surface area contributed by atoms with Gasteiger partial charge in [-0.3, -0.25) is 10.1 Å². The molecular weight excluding hydrogens is 266 g/mol. The Morgan fingerprint density at radius 3 is 2.58 bits per heavy atom. The highest BCUT2D eigenvalue weighted by Crippen LogP contribution is 2.29. The number of halogens is 1. The van der Waals surface area contributed by atoms with Crippen molar-refractivity contribution in [3.63, 3.8) is 0 Å². The predicted octanol–water partition coefficient (Wildman–Crippen LogP) is 3.25. The van der Waals surface area contributed by atoms with E-state index in [2.05, 4.69) is 24.1 Å². The number of nitro benzene ring substituents is 1. The average molecular weight is 286 g/mol. The first kappa shape index (κ1) is 15.7. The van der Waals surface area contributed by atoms with E-state index in [1.54, 1.807) is 12.1 Å². The quantitative estimate of drug-likeness (QED) is 0.644. The van der Waals surface area contributed by atoms with Gasteiger partial charge in [0, 0.05) is 24.2 Å². The molecule has 0 aliphatic rings. The van der Waals surface area contributed by atoms with Crippen molar-refractivity contribution in [3.05, 3.63) is 33.3 Å². The van der Waals surface area contributed by atoms with Crippen molar-refractivity contribution in [2.75, 3.05) is 32.5 Å². The Bertz CT molecular complexity index is 461. The average Bonchev–Trinajstić information content (AvgIpc) is 2.25. The summed E-state index contributed by atoms with van der Waals surface area (Å²) in [7, 11) is 4.01. The second kappa shape index (κ2) is 6.21. The lowest BCUT2D eigenvalue weighted by Crippen LogP contribution is -2.34. The highest BCUT2D eigenvalue weighted by Gasteiger charge is 2.21. The monoisotopic (exact) mass is 285 g/mol. The number of anilines is 1. The van der Waals surface area contributed by atoms with Crippen LogP contribution in [0.4, 0.5) is 11.4 Å². The molecule has 0 aliphatic carbocycles. The van der Waals surface area contributed by atoms with Crippen LogP contribution in [0.15, 0.2) is 18.2 Å². The van der Waals surface area contributed by atoms with E-state index in [4.69, 9.17) is 11.6 Å². The Morgan fingerprint density at radius 1 is 1.42 bits per heavy atom. The van der Waals surface area contributed by atoms with Gasteiger partial charge < -0.3 is 10.2 Å². The Morgan fingerprint density at radius 2 is 2.05 bits per heavy atom. The lowest BCUT2D eigenvalue weighted by molar-refractivity contribution is -0.383. The summed E-state index contributed by atoms with van der Waals surface area (Å²) in [5.74, 6) is 0. The van der Waals surface area contributed by atoms with Crippen LogP contribution in [-0.2, 0) is 0 Å². The Labute approximate surface area is 118 Å². The lowest BCUT2D eigenvalue weighted by atomic mass is 9.93. The molecule has 106 valence electrons. The Balaban J connectivity index is 2.80. The maximum absolute atomic E-state index is 11.0. The number of benzene rings is 1. The van der Waals surface area contributed by atoms with Gasteiger partial charge in [-0.1, -0.05) is 25.4 Å². The molecule has 0 unspecified atom stereocenters. The van der Waals surface area contributed by atoms with Crippen LogP contribution < -0.4 is 5.32 Å². The molecule has 0 saturated carbocycles. The molecule has 0 spiro atoms. The topological polar surface area (TPSA) is 58.4 Å². The largest absolute Gasteiger partial charge is 0.379 e. The molecule has 0 heterocycles. The summed E-state index contributed by atoms with van der Waals surface area (Å²) < 4.78 is 0. The first-order chi connectivity index (χ1) is 8.71. The lowest BCUT2D eigenvalue weighted by Gasteiger charge is -2.28. The second-order valence-corrected chi connectivity index (χ2v) is 6.11. The van der Waals surface area contributed by atoms with Gasteiger partial charge in [-0.2, -0.15) is 0 Å².